The highest BCUT2D eigenvalue weighted by Crippen LogP contribution is 2.27. The number of pyridine rings is 1. The smallest absolute Gasteiger partial charge is 0.315 e. The molecule has 1 aliphatic heterocycles. The minimum atomic E-state index is -0.741. The van der Waals surface area contributed by atoms with Crippen molar-refractivity contribution in [2.24, 2.45) is 11.7 Å². The monoisotopic (exact) mass is 280 g/mol. The van der Waals surface area contributed by atoms with Crippen LogP contribution in [0.5, 0.6) is 0 Å². The lowest BCUT2D eigenvalue weighted by atomic mass is 9.97. The number of hydrogen-bond acceptors (Lipinski definition) is 3. The third kappa shape index (κ3) is 2.43. The molecular formula is C13H17FN4O2. The first-order chi connectivity index (χ1) is 9.45. The van der Waals surface area contributed by atoms with Crippen molar-refractivity contribution in [1.29, 1.82) is 0 Å². The van der Waals surface area contributed by atoms with Crippen molar-refractivity contribution in [1.82, 2.24) is 9.88 Å². The number of nitrogens with one attached hydrogen (secondary N) is 1. The zero-order valence-corrected chi connectivity index (χ0v) is 11.4. The van der Waals surface area contributed by atoms with Gasteiger partial charge in [-0.1, -0.05) is 20.3 Å². The molecule has 0 saturated heterocycles. The fourth-order valence-electron chi connectivity index (χ4n) is 2.35. The Morgan fingerprint density at radius 1 is 1.65 bits per heavy atom. The van der Waals surface area contributed by atoms with Gasteiger partial charge in [-0.3, -0.25) is 9.78 Å². The largest absolute Gasteiger partial charge is 0.351 e. The average Bonchev–Trinajstić information content (AvgIpc) is 2.55. The number of anilines is 1. The molecule has 1 aromatic heterocycles. The topological polar surface area (TPSA) is 88.3 Å². The zero-order valence-electron chi connectivity index (χ0n) is 11.4. The molecule has 3 N–H and O–H groups in total. The quantitative estimate of drug-likeness (QED) is 0.859. The van der Waals surface area contributed by atoms with Crippen LogP contribution >= 0.6 is 0 Å². The lowest BCUT2D eigenvalue weighted by Gasteiger charge is -2.30. The summed E-state index contributed by atoms with van der Waals surface area (Å²) in [5.41, 5.74) is 5.86. The first kappa shape index (κ1) is 14.2. The first-order valence-corrected chi connectivity index (χ1v) is 6.45. The van der Waals surface area contributed by atoms with Crippen molar-refractivity contribution in [3.63, 3.8) is 0 Å². The highest BCUT2D eigenvalue weighted by atomic mass is 19.1. The number of fused-ring (bicyclic) bond motifs is 1. The second-order valence-corrected chi connectivity index (χ2v) is 4.93. The number of halogens is 1. The Labute approximate surface area is 116 Å². The number of carbonyl (C=O) groups excluding carboxylic acids is 2. The van der Waals surface area contributed by atoms with Gasteiger partial charge < -0.3 is 16.0 Å². The molecule has 1 unspecified atom stereocenters. The van der Waals surface area contributed by atoms with Gasteiger partial charge in [0.15, 0.2) is 0 Å². The number of aromatic nitrogens is 1. The maximum absolute atomic E-state index is 13.8. The molecule has 0 saturated carbocycles. The van der Waals surface area contributed by atoms with Gasteiger partial charge in [-0.25, -0.2) is 9.18 Å². The number of urea groups is 1. The van der Waals surface area contributed by atoms with Crippen LogP contribution in [-0.4, -0.2) is 27.9 Å². The van der Waals surface area contributed by atoms with Gasteiger partial charge in [0.2, 0.25) is 5.91 Å². The predicted octanol–water partition coefficient (Wildman–Crippen LogP) is 1.47. The summed E-state index contributed by atoms with van der Waals surface area (Å²) in [5, 5.41) is 2.62. The molecule has 0 aromatic carbocycles. The molecule has 20 heavy (non-hydrogen) atoms. The van der Waals surface area contributed by atoms with E-state index < -0.39 is 17.9 Å². The third-order valence-electron chi connectivity index (χ3n) is 3.66. The Balaban J connectivity index is 2.48. The number of amides is 3. The van der Waals surface area contributed by atoms with E-state index in [-0.39, 0.29) is 29.6 Å². The molecule has 0 fully saturated rings. The molecule has 0 aliphatic carbocycles. The van der Waals surface area contributed by atoms with Gasteiger partial charge in [0.25, 0.3) is 0 Å². The predicted molar refractivity (Wildman–Crippen MR) is 71.2 cm³/mol. The summed E-state index contributed by atoms with van der Waals surface area (Å²) in [7, 11) is 0. The van der Waals surface area contributed by atoms with Crippen LogP contribution in [0.2, 0.25) is 0 Å². The fraction of sp³-hybridized carbons (Fsp3) is 0.462. The van der Waals surface area contributed by atoms with Crippen molar-refractivity contribution >= 4 is 17.6 Å². The standard InChI is InChI=1S/C13H17FN4O2/c1-3-7(2)11-12(19)17-10-5-16-4-9(14)8(10)6-18(11)13(15)20/h4-5,7,11H,3,6H2,1-2H3,(H2,15,20)(H,17,19)/t7?,11-/m0/s1. The molecule has 6 nitrogen and oxygen atoms in total. The number of primary amides is 1. The second-order valence-electron chi connectivity index (χ2n) is 4.93. The lowest BCUT2D eigenvalue weighted by Crippen LogP contribution is -2.50. The van der Waals surface area contributed by atoms with Crippen molar-refractivity contribution in [2.45, 2.75) is 32.9 Å². The number of nitrogens with zero attached hydrogens (tertiary/aromatic N) is 2. The summed E-state index contributed by atoms with van der Waals surface area (Å²) in [6, 6.07) is -1.46. The van der Waals surface area contributed by atoms with Crippen molar-refractivity contribution < 1.29 is 14.0 Å². The summed E-state index contributed by atoms with van der Waals surface area (Å²) < 4.78 is 13.8. The highest BCUT2D eigenvalue weighted by molar-refractivity contribution is 5.98. The van der Waals surface area contributed by atoms with Crippen molar-refractivity contribution in [3.05, 3.63) is 23.8 Å². The van der Waals surface area contributed by atoms with Crippen LogP contribution in [-0.2, 0) is 11.3 Å². The van der Waals surface area contributed by atoms with E-state index in [0.29, 0.717) is 6.42 Å². The van der Waals surface area contributed by atoms with Gasteiger partial charge in [-0.2, -0.15) is 0 Å². The Kier molecular flexibility index (Phi) is 3.87. The molecule has 2 atom stereocenters. The minimum Gasteiger partial charge on any atom is -0.351 e. The van der Waals surface area contributed by atoms with Gasteiger partial charge in [-0.05, 0) is 5.92 Å². The van der Waals surface area contributed by atoms with Gasteiger partial charge in [-0.15, -0.1) is 0 Å². The molecule has 0 radical (unpaired) electrons. The number of nitrogens with two attached hydrogens (primary N) is 1. The normalized spacial score (nSPS) is 19.9. The van der Waals surface area contributed by atoms with Crippen LogP contribution in [0.1, 0.15) is 25.8 Å². The number of hydrogen-bond donors (Lipinski definition) is 2. The van der Waals surface area contributed by atoms with E-state index in [2.05, 4.69) is 10.3 Å². The summed E-state index contributed by atoms with van der Waals surface area (Å²) in [4.78, 5) is 28.8. The molecule has 0 bridgehead atoms. The van der Waals surface area contributed by atoms with E-state index in [9.17, 15) is 14.0 Å². The molecular weight excluding hydrogens is 263 g/mol. The van der Waals surface area contributed by atoms with Gasteiger partial charge in [0.1, 0.15) is 11.9 Å². The van der Waals surface area contributed by atoms with Crippen molar-refractivity contribution in [2.75, 3.05) is 5.32 Å². The second kappa shape index (κ2) is 5.44. The average molecular weight is 280 g/mol. The molecule has 108 valence electrons. The summed E-state index contributed by atoms with van der Waals surface area (Å²) in [5.74, 6) is -1.03. The Hall–Kier alpha value is -2.18. The summed E-state index contributed by atoms with van der Waals surface area (Å²) in [6.07, 6.45) is 3.11. The third-order valence-corrected chi connectivity index (χ3v) is 3.66. The Morgan fingerprint density at radius 2 is 2.35 bits per heavy atom. The molecule has 7 heteroatoms. The van der Waals surface area contributed by atoms with E-state index >= 15 is 0 Å². The zero-order chi connectivity index (χ0) is 14.9. The van der Waals surface area contributed by atoms with Crippen LogP contribution in [0.15, 0.2) is 12.4 Å². The molecule has 1 aliphatic rings. The Bertz CT molecular complexity index is 549. The van der Waals surface area contributed by atoms with Gasteiger partial charge in [0, 0.05) is 5.56 Å². The number of rotatable bonds is 2. The molecule has 0 spiro atoms. The maximum Gasteiger partial charge on any atom is 0.315 e. The van der Waals surface area contributed by atoms with Gasteiger partial charge in [0.05, 0.1) is 24.6 Å². The SMILES string of the molecule is CCC(C)[C@H]1C(=O)Nc2cncc(F)c2CN1C(N)=O. The molecule has 2 rings (SSSR count). The summed E-state index contributed by atoms with van der Waals surface area (Å²) in [6.45, 7) is 3.72. The molecule has 2 heterocycles. The highest BCUT2D eigenvalue weighted by Gasteiger charge is 2.36. The van der Waals surface area contributed by atoms with Crippen molar-refractivity contribution in [3.8, 4) is 0 Å². The Morgan fingerprint density at radius 3 is 2.95 bits per heavy atom. The van der Waals surface area contributed by atoms with E-state index in [1.807, 2.05) is 13.8 Å². The van der Waals surface area contributed by atoms with Crippen LogP contribution in [0, 0.1) is 11.7 Å². The summed E-state index contributed by atoms with van der Waals surface area (Å²) >= 11 is 0. The van der Waals surface area contributed by atoms with Gasteiger partial charge >= 0.3 is 6.03 Å². The van der Waals surface area contributed by atoms with E-state index in [0.717, 1.165) is 6.20 Å². The maximum atomic E-state index is 13.8. The van der Waals surface area contributed by atoms with Crippen LogP contribution in [0.4, 0.5) is 14.9 Å². The molecule has 3 amide bonds. The molecule has 1 aromatic rings. The van der Waals surface area contributed by atoms with E-state index in [4.69, 9.17) is 5.73 Å². The minimum absolute atomic E-state index is 0.0488. The van der Waals surface area contributed by atoms with Crippen LogP contribution in [0.25, 0.3) is 0 Å². The first-order valence-electron chi connectivity index (χ1n) is 6.45. The lowest BCUT2D eigenvalue weighted by molar-refractivity contribution is -0.121. The van der Waals surface area contributed by atoms with Crippen LogP contribution < -0.4 is 11.1 Å². The fourth-order valence-corrected chi connectivity index (χ4v) is 2.35. The van der Waals surface area contributed by atoms with E-state index in [1.165, 1.54) is 11.1 Å². The number of carbonyl (C=O) groups is 2. The van der Waals surface area contributed by atoms with E-state index in [1.54, 1.807) is 0 Å². The van der Waals surface area contributed by atoms with Crippen LogP contribution in [0.3, 0.4) is 0 Å².